The first kappa shape index (κ1) is 17.0. The molecule has 0 aliphatic heterocycles. The number of hydrogen-bond donors (Lipinski definition) is 1. The number of rotatable bonds is 4. The number of hydrogen-bond acceptors (Lipinski definition) is 6. The molecule has 0 aliphatic carbocycles. The molecule has 0 aliphatic rings. The predicted octanol–water partition coefficient (Wildman–Crippen LogP) is 0.916. The van der Waals surface area contributed by atoms with E-state index in [1.807, 2.05) is 0 Å². The van der Waals surface area contributed by atoms with Crippen molar-refractivity contribution in [2.24, 2.45) is 0 Å². The van der Waals surface area contributed by atoms with Gasteiger partial charge in [0.1, 0.15) is 0 Å². The van der Waals surface area contributed by atoms with Crippen molar-refractivity contribution in [3.05, 3.63) is 71.8 Å². The van der Waals surface area contributed by atoms with Gasteiger partial charge in [0.05, 0.1) is 0 Å². The summed E-state index contributed by atoms with van der Waals surface area (Å²) < 4.78 is 48.7. The lowest BCUT2D eigenvalue weighted by Gasteiger charge is -2.06. The summed E-state index contributed by atoms with van der Waals surface area (Å²) in [5.41, 5.74) is -0.440. The van der Waals surface area contributed by atoms with E-state index < -0.39 is 30.3 Å². The number of benzene rings is 2. The van der Waals surface area contributed by atoms with E-state index in [0.29, 0.717) is 0 Å². The summed E-state index contributed by atoms with van der Waals surface area (Å²) >= 11 is 0. The molecule has 120 valence electrons. The largest absolute Gasteiger partial charge is 0.292 e. The van der Waals surface area contributed by atoms with E-state index in [4.69, 9.17) is 0 Å². The first-order chi connectivity index (χ1) is 10.7. The molecule has 0 spiro atoms. The van der Waals surface area contributed by atoms with Gasteiger partial charge in [-0.25, -0.2) is 16.8 Å². The lowest BCUT2D eigenvalue weighted by Crippen LogP contribution is -2.39. The molecule has 1 N–H and O–H groups in total. The monoisotopic (exact) mass is 353 g/mol. The lowest BCUT2D eigenvalue weighted by molar-refractivity contribution is 0.107. The van der Waals surface area contributed by atoms with Crippen LogP contribution in [0.1, 0.15) is 20.7 Å². The summed E-state index contributed by atoms with van der Waals surface area (Å²) in [6.07, 6.45) is 0. The van der Waals surface area contributed by atoms with Crippen molar-refractivity contribution >= 4 is 30.3 Å². The minimum absolute atomic E-state index is 0.220. The highest BCUT2D eigenvalue weighted by molar-refractivity contribution is 8.18. The third-order valence-corrected chi connectivity index (χ3v) is 5.93. The Kier molecular flexibility index (Phi) is 4.73. The highest BCUT2D eigenvalue weighted by atomic mass is 32.3. The van der Waals surface area contributed by atoms with Gasteiger partial charge >= 0.3 is 0 Å². The molecule has 0 radical (unpaired) electrons. The predicted molar refractivity (Wildman–Crippen MR) is 82.5 cm³/mol. The number of carbonyl (C=O) groups excluding carboxylic acids is 2. The second-order valence-electron chi connectivity index (χ2n) is 4.40. The van der Waals surface area contributed by atoms with Gasteiger partial charge in [0.15, 0.2) is 0 Å². The zero-order valence-corrected chi connectivity index (χ0v) is 13.2. The van der Waals surface area contributed by atoms with E-state index in [9.17, 15) is 26.4 Å². The molecule has 2 aromatic carbocycles. The van der Waals surface area contributed by atoms with Crippen LogP contribution in [0.4, 0.5) is 0 Å². The minimum Gasteiger partial charge on any atom is -0.274 e. The molecule has 0 unspecified atom stereocenters. The van der Waals surface area contributed by atoms with Gasteiger partial charge in [0.25, 0.3) is 30.3 Å². The van der Waals surface area contributed by atoms with Gasteiger partial charge in [-0.3, -0.25) is 9.59 Å². The van der Waals surface area contributed by atoms with Gasteiger partial charge in [0, 0.05) is 11.1 Å². The minimum atomic E-state index is -4.92. The van der Waals surface area contributed by atoms with Gasteiger partial charge < -0.3 is 0 Å². The van der Waals surface area contributed by atoms with Gasteiger partial charge in [-0.1, -0.05) is 64.8 Å². The maximum atomic E-state index is 11.9. The summed E-state index contributed by atoms with van der Waals surface area (Å²) in [5, 5.41) is -2.88. The van der Waals surface area contributed by atoms with Crippen LogP contribution in [0.2, 0.25) is 0 Å². The summed E-state index contributed by atoms with van der Waals surface area (Å²) in [7, 11) is -9.84. The third kappa shape index (κ3) is 3.89. The van der Waals surface area contributed by atoms with E-state index in [0.717, 1.165) is 0 Å². The lowest BCUT2D eigenvalue weighted by atomic mass is 10.2. The van der Waals surface area contributed by atoms with Crippen LogP contribution in [0.25, 0.3) is 0 Å². The summed E-state index contributed by atoms with van der Waals surface area (Å²) in [6, 6.07) is 13.7. The molecular weight excluding hydrogens is 342 g/mol. The van der Waals surface area contributed by atoms with Crippen LogP contribution in [0.15, 0.2) is 60.7 Å². The van der Waals surface area contributed by atoms with Crippen LogP contribution >= 0.6 is 0 Å². The molecule has 0 bridgehead atoms. The summed E-state index contributed by atoms with van der Waals surface area (Å²) in [6.45, 7) is 0. The maximum absolute atomic E-state index is 11.9. The molecule has 0 fully saturated rings. The van der Waals surface area contributed by atoms with Crippen molar-refractivity contribution in [3.63, 3.8) is 0 Å². The number of nitrogens with one attached hydrogen (secondary N) is 1. The number of carbonyl (C=O) groups is 2. The van der Waals surface area contributed by atoms with E-state index >= 15 is 0 Å². The molecule has 0 aromatic heterocycles. The molecule has 0 saturated heterocycles. The van der Waals surface area contributed by atoms with E-state index in [-0.39, 0.29) is 11.1 Å². The van der Waals surface area contributed by atoms with Crippen molar-refractivity contribution in [2.45, 2.75) is 0 Å². The van der Waals surface area contributed by atoms with Crippen molar-refractivity contribution in [3.8, 4) is 0 Å². The van der Waals surface area contributed by atoms with Crippen LogP contribution in [0, 0.1) is 0 Å². The standard InChI is InChI=1S/C14H11NO6S2/c16-13(11-7-3-1-4-8-11)22(18,19)15-23(20,21)14(17)12-9-5-2-6-10-12/h1-10,15H. The Balaban J connectivity index is 2.29. The molecule has 2 aromatic rings. The van der Waals surface area contributed by atoms with Crippen LogP contribution in [-0.2, 0) is 20.0 Å². The van der Waals surface area contributed by atoms with Crippen LogP contribution in [-0.4, -0.2) is 27.1 Å². The first-order valence-corrected chi connectivity index (χ1v) is 9.18. The normalized spacial score (nSPS) is 11.8. The quantitative estimate of drug-likeness (QED) is 0.874. The van der Waals surface area contributed by atoms with E-state index in [2.05, 4.69) is 0 Å². The second-order valence-corrected chi connectivity index (χ2v) is 7.82. The number of sulfonamides is 2. The molecule has 23 heavy (non-hydrogen) atoms. The molecule has 0 saturated carbocycles. The Bertz CT molecular complexity index is 856. The smallest absolute Gasteiger partial charge is 0.274 e. The van der Waals surface area contributed by atoms with Gasteiger partial charge in [0.2, 0.25) is 0 Å². The molecule has 2 rings (SSSR count). The van der Waals surface area contributed by atoms with E-state index in [1.165, 1.54) is 52.7 Å². The SMILES string of the molecule is O=C(c1ccccc1)S(=O)(=O)NS(=O)(=O)C(=O)c1ccccc1. The highest BCUT2D eigenvalue weighted by Gasteiger charge is 2.34. The second kappa shape index (κ2) is 6.41. The summed E-state index contributed by atoms with van der Waals surface area (Å²) in [4.78, 5) is 23.8. The first-order valence-electron chi connectivity index (χ1n) is 6.21. The van der Waals surface area contributed by atoms with Crippen LogP contribution in [0.3, 0.4) is 0 Å². The van der Waals surface area contributed by atoms with Crippen molar-refractivity contribution in [1.29, 1.82) is 0 Å². The Morgan fingerprint density at radius 1 is 0.609 bits per heavy atom. The molecule has 0 heterocycles. The zero-order chi connectivity index (χ0) is 17.1. The topological polar surface area (TPSA) is 114 Å². The summed E-state index contributed by atoms with van der Waals surface area (Å²) in [5.74, 6) is 0. The van der Waals surface area contributed by atoms with E-state index in [1.54, 1.807) is 12.1 Å². The van der Waals surface area contributed by atoms with Crippen LogP contribution < -0.4 is 4.13 Å². The zero-order valence-electron chi connectivity index (χ0n) is 11.5. The average molecular weight is 353 g/mol. The average Bonchev–Trinajstić information content (AvgIpc) is 2.54. The maximum Gasteiger partial charge on any atom is 0.292 e. The van der Waals surface area contributed by atoms with Gasteiger partial charge in [-0.05, 0) is 0 Å². The van der Waals surface area contributed by atoms with Crippen molar-refractivity contribution in [2.75, 3.05) is 0 Å². The fourth-order valence-electron chi connectivity index (χ4n) is 1.68. The highest BCUT2D eigenvalue weighted by Crippen LogP contribution is 2.09. The Hall–Kier alpha value is -2.36. The molecule has 9 heteroatoms. The Morgan fingerprint density at radius 3 is 1.22 bits per heavy atom. The van der Waals surface area contributed by atoms with Crippen LogP contribution in [0.5, 0.6) is 0 Å². The molecule has 0 atom stereocenters. The molecule has 7 nitrogen and oxygen atoms in total. The van der Waals surface area contributed by atoms with Crippen molar-refractivity contribution < 1.29 is 26.4 Å². The third-order valence-electron chi connectivity index (χ3n) is 2.73. The molecule has 0 amide bonds. The van der Waals surface area contributed by atoms with Crippen molar-refractivity contribution in [1.82, 2.24) is 4.13 Å². The van der Waals surface area contributed by atoms with Gasteiger partial charge in [-0.15, -0.1) is 0 Å². The molecular formula is C14H11NO6S2. The fraction of sp³-hybridized carbons (Fsp3) is 0. The Labute approximate surface area is 133 Å². The van der Waals surface area contributed by atoms with Gasteiger partial charge in [-0.2, -0.15) is 0 Å². The fourth-order valence-corrected chi connectivity index (χ4v) is 4.33. The Morgan fingerprint density at radius 2 is 0.913 bits per heavy atom.